The fraction of sp³-hybridized carbons (Fsp3) is 0.222. The molecule has 0 saturated carbocycles. The Balaban J connectivity index is 1.26. The molecule has 1 aromatic heterocycles. The predicted octanol–water partition coefficient (Wildman–Crippen LogP) is 4.62. The smallest absolute Gasteiger partial charge is 0.322 e. The lowest BCUT2D eigenvalue weighted by Crippen LogP contribution is -2.35. The average molecular weight is 503 g/mol. The minimum atomic E-state index is -3.75. The molecule has 8 nitrogen and oxygen atoms in total. The third-order valence-electron chi connectivity index (χ3n) is 6.25. The van der Waals surface area contributed by atoms with Gasteiger partial charge >= 0.3 is 6.01 Å². The molecule has 0 saturated heterocycles. The number of aromatic nitrogens is 2. The fourth-order valence-electron chi connectivity index (χ4n) is 4.27. The van der Waals surface area contributed by atoms with Crippen molar-refractivity contribution in [1.29, 1.82) is 0 Å². The number of para-hydroxylation sites is 1. The number of fused-ring (bicyclic) bond motifs is 1. The van der Waals surface area contributed by atoms with Crippen LogP contribution in [-0.4, -0.2) is 31.1 Å². The highest BCUT2D eigenvalue weighted by atomic mass is 32.2. The summed E-state index contributed by atoms with van der Waals surface area (Å²) in [5.41, 5.74) is 4.28. The summed E-state index contributed by atoms with van der Waals surface area (Å²) >= 11 is 0. The van der Waals surface area contributed by atoms with Gasteiger partial charge in [-0.15, -0.1) is 5.10 Å². The number of nitrogens with zero attached hydrogens (tertiary/aromatic N) is 3. The van der Waals surface area contributed by atoms with Gasteiger partial charge in [-0.25, -0.2) is 8.42 Å². The molecule has 9 heteroatoms. The third-order valence-corrected chi connectivity index (χ3v) is 8.07. The molecular weight excluding hydrogens is 476 g/mol. The van der Waals surface area contributed by atoms with Gasteiger partial charge in [0.15, 0.2) is 0 Å². The zero-order chi connectivity index (χ0) is 25.1. The van der Waals surface area contributed by atoms with Crippen molar-refractivity contribution in [3.63, 3.8) is 0 Å². The molecule has 1 aliphatic heterocycles. The van der Waals surface area contributed by atoms with E-state index < -0.39 is 15.9 Å². The van der Waals surface area contributed by atoms with E-state index in [1.165, 1.54) is 34.1 Å². The molecule has 184 valence electrons. The Kier molecular flexibility index (Phi) is 6.56. The number of carbonyl (C=O) groups is 1. The summed E-state index contributed by atoms with van der Waals surface area (Å²) in [5, 5.41) is 10.5. The van der Waals surface area contributed by atoms with Gasteiger partial charge < -0.3 is 4.42 Å². The summed E-state index contributed by atoms with van der Waals surface area (Å²) in [4.78, 5) is 12.8. The molecule has 1 N–H and O–H groups in total. The Bertz CT molecular complexity index is 1480. The van der Waals surface area contributed by atoms with Crippen molar-refractivity contribution in [2.24, 2.45) is 0 Å². The maximum absolute atomic E-state index is 13.3. The first-order valence-electron chi connectivity index (χ1n) is 11.9. The van der Waals surface area contributed by atoms with Gasteiger partial charge in [0, 0.05) is 12.1 Å². The molecule has 3 aromatic carbocycles. The quantitative estimate of drug-likeness (QED) is 0.395. The highest BCUT2D eigenvalue weighted by Gasteiger charge is 2.29. The number of aryl methyl sites for hydroxylation is 2. The number of sulfonamides is 1. The maximum Gasteiger partial charge on any atom is 0.322 e. The zero-order valence-corrected chi connectivity index (χ0v) is 20.7. The largest absolute Gasteiger partial charge is 0.407 e. The van der Waals surface area contributed by atoms with Gasteiger partial charge in [-0.3, -0.25) is 14.4 Å². The van der Waals surface area contributed by atoms with E-state index in [1.807, 2.05) is 36.4 Å². The van der Waals surface area contributed by atoms with E-state index in [0.717, 1.165) is 30.4 Å². The zero-order valence-electron chi connectivity index (χ0n) is 19.8. The van der Waals surface area contributed by atoms with Gasteiger partial charge in [-0.05, 0) is 66.3 Å². The molecule has 0 unspecified atom stereocenters. The molecule has 0 radical (unpaired) electrons. The Labute approximate surface area is 210 Å². The molecule has 0 fully saturated rings. The number of rotatable bonds is 7. The van der Waals surface area contributed by atoms with Crippen molar-refractivity contribution < 1.29 is 17.6 Å². The van der Waals surface area contributed by atoms with E-state index >= 15 is 0 Å². The molecule has 1 amide bonds. The number of amides is 1. The summed E-state index contributed by atoms with van der Waals surface area (Å²) in [6, 6.07) is 21.5. The second kappa shape index (κ2) is 9.94. The molecule has 1 aliphatic rings. The van der Waals surface area contributed by atoms with Crippen LogP contribution in [-0.2, 0) is 29.3 Å². The number of anilines is 2. The number of nitrogens with one attached hydrogen (secondary N) is 1. The van der Waals surface area contributed by atoms with Crippen LogP contribution in [0.2, 0.25) is 0 Å². The Morgan fingerprint density at radius 3 is 2.44 bits per heavy atom. The number of benzene rings is 3. The van der Waals surface area contributed by atoms with Crippen LogP contribution in [0.1, 0.15) is 46.3 Å². The van der Waals surface area contributed by atoms with Crippen LogP contribution < -0.4 is 9.62 Å². The van der Waals surface area contributed by atoms with E-state index in [0.29, 0.717) is 24.5 Å². The van der Waals surface area contributed by atoms with Gasteiger partial charge in [0.2, 0.25) is 5.89 Å². The van der Waals surface area contributed by atoms with Crippen LogP contribution in [0.25, 0.3) is 0 Å². The van der Waals surface area contributed by atoms with Crippen LogP contribution in [0.3, 0.4) is 0 Å². The van der Waals surface area contributed by atoms with E-state index in [9.17, 15) is 13.2 Å². The number of hydrogen-bond donors (Lipinski definition) is 1. The van der Waals surface area contributed by atoms with Gasteiger partial charge in [0.05, 0.1) is 17.0 Å². The van der Waals surface area contributed by atoms with Crippen LogP contribution in [0, 0.1) is 0 Å². The summed E-state index contributed by atoms with van der Waals surface area (Å²) in [7, 11) is -3.75. The first-order valence-corrected chi connectivity index (χ1v) is 13.3. The van der Waals surface area contributed by atoms with E-state index in [2.05, 4.69) is 34.6 Å². The first-order chi connectivity index (χ1) is 17.4. The van der Waals surface area contributed by atoms with Crippen molar-refractivity contribution in [2.45, 2.75) is 37.5 Å². The van der Waals surface area contributed by atoms with Crippen molar-refractivity contribution in [1.82, 2.24) is 10.2 Å². The van der Waals surface area contributed by atoms with Crippen molar-refractivity contribution >= 4 is 27.6 Å². The Hall–Kier alpha value is -3.98. The van der Waals surface area contributed by atoms with Crippen LogP contribution in [0.4, 0.5) is 11.7 Å². The minimum absolute atomic E-state index is 0.0122. The van der Waals surface area contributed by atoms with Crippen molar-refractivity contribution in [3.05, 3.63) is 101 Å². The van der Waals surface area contributed by atoms with Gasteiger partial charge in [-0.2, -0.15) is 0 Å². The normalized spacial score (nSPS) is 13.3. The van der Waals surface area contributed by atoms with E-state index in [4.69, 9.17) is 4.42 Å². The first kappa shape index (κ1) is 23.7. The Morgan fingerprint density at radius 2 is 1.69 bits per heavy atom. The monoisotopic (exact) mass is 502 g/mol. The summed E-state index contributed by atoms with van der Waals surface area (Å²) < 4.78 is 33.6. The maximum atomic E-state index is 13.3. The van der Waals surface area contributed by atoms with E-state index in [-0.39, 0.29) is 16.5 Å². The van der Waals surface area contributed by atoms with Gasteiger partial charge in [0.25, 0.3) is 15.9 Å². The lowest BCUT2D eigenvalue weighted by molar-refractivity contribution is 0.102. The van der Waals surface area contributed by atoms with Crippen LogP contribution in [0.15, 0.2) is 82.1 Å². The Morgan fingerprint density at radius 1 is 0.972 bits per heavy atom. The molecule has 0 aliphatic carbocycles. The molecule has 0 spiro atoms. The average Bonchev–Trinajstić information content (AvgIpc) is 3.35. The van der Waals surface area contributed by atoms with Crippen LogP contribution >= 0.6 is 0 Å². The summed E-state index contributed by atoms with van der Waals surface area (Å²) in [5.74, 6) is -0.0810. The summed E-state index contributed by atoms with van der Waals surface area (Å²) in [6.07, 6.45) is 3.03. The van der Waals surface area contributed by atoms with Gasteiger partial charge in [0.1, 0.15) is 0 Å². The minimum Gasteiger partial charge on any atom is -0.407 e. The van der Waals surface area contributed by atoms with Crippen molar-refractivity contribution in [3.8, 4) is 0 Å². The number of hydrogen-bond acceptors (Lipinski definition) is 6. The molecule has 0 bridgehead atoms. The van der Waals surface area contributed by atoms with Crippen molar-refractivity contribution in [2.75, 3.05) is 16.2 Å². The topological polar surface area (TPSA) is 105 Å². The summed E-state index contributed by atoms with van der Waals surface area (Å²) in [6.45, 7) is 2.52. The second-order valence-corrected chi connectivity index (χ2v) is 10.5. The fourth-order valence-corrected chi connectivity index (χ4v) is 5.81. The predicted molar refractivity (Wildman–Crippen MR) is 137 cm³/mol. The standard InChI is InChI=1S/C27H26N4O4S/c1-2-19-9-11-20(12-10-19)18-25-29-30-27(35-25)28-26(32)22-13-15-23(16-14-22)36(33,34)31-17-5-7-21-6-3-4-8-24(21)31/h3-4,6,8-16H,2,5,7,17-18H2,1H3,(H,28,30,32). The molecule has 36 heavy (non-hydrogen) atoms. The molecule has 5 rings (SSSR count). The molecule has 2 heterocycles. The third kappa shape index (κ3) is 4.87. The lowest BCUT2D eigenvalue weighted by Gasteiger charge is -2.30. The van der Waals surface area contributed by atoms with Crippen LogP contribution in [0.5, 0.6) is 0 Å². The number of carbonyl (C=O) groups excluding carboxylic acids is 1. The SMILES string of the molecule is CCc1ccc(Cc2nnc(NC(=O)c3ccc(S(=O)(=O)N4CCCc5ccccc54)cc3)o2)cc1. The van der Waals surface area contributed by atoms with E-state index in [1.54, 1.807) is 0 Å². The highest BCUT2D eigenvalue weighted by molar-refractivity contribution is 7.92. The molecular formula is C27H26N4O4S. The van der Waals surface area contributed by atoms with Gasteiger partial charge in [-0.1, -0.05) is 54.5 Å². The second-order valence-electron chi connectivity index (χ2n) is 8.64. The molecule has 0 atom stereocenters. The lowest BCUT2D eigenvalue weighted by atomic mass is 10.0. The molecule has 4 aromatic rings. The highest BCUT2D eigenvalue weighted by Crippen LogP contribution is 2.31.